The Kier molecular flexibility index (Phi) is 4.21. The number of amides is 1. The normalized spacial score (nSPS) is 18.1. The fraction of sp³-hybridized carbons (Fsp3) is 0.667. The van der Waals surface area contributed by atoms with Crippen molar-refractivity contribution >= 4 is 11.7 Å². The van der Waals surface area contributed by atoms with Crippen LogP contribution in [0.15, 0.2) is 11.5 Å². The molecule has 1 aliphatic rings. The summed E-state index contributed by atoms with van der Waals surface area (Å²) in [7, 11) is 0. The molecule has 0 aliphatic heterocycles. The van der Waals surface area contributed by atoms with E-state index in [2.05, 4.69) is 20.7 Å². The fourth-order valence-corrected chi connectivity index (χ4v) is 2.68. The minimum absolute atomic E-state index is 0.00976. The smallest absolute Gasteiger partial charge is 0.234 e. The zero-order chi connectivity index (χ0) is 14.6. The van der Waals surface area contributed by atoms with E-state index >= 15 is 0 Å². The highest BCUT2D eigenvalue weighted by molar-refractivity contribution is 6.06. The molecule has 0 unspecified atom stereocenters. The Bertz CT molecular complexity index is 504. The van der Waals surface area contributed by atoms with Crippen LogP contribution in [0.25, 0.3) is 0 Å². The number of carbonyl (C=O) groups is 1. The third-order valence-corrected chi connectivity index (χ3v) is 3.93. The van der Waals surface area contributed by atoms with E-state index in [9.17, 15) is 4.79 Å². The van der Waals surface area contributed by atoms with Gasteiger partial charge in [-0.25, -0.2) is 0 Å². The van der Waals surface area contributed by atoms with Gasteiger partial charge in [-0.1, -0.05) is 18.0 Å². The van der Waals surface area contributed by atoms with Gasteiger partial charge in [0.2, 0.25) is 5.91 Å². The molecule has 1 aliphatic carbocycles. The highest BCUT2D eigenvalue weighted by atomic mass is 16.4. The molecule has 0 atom stereocenters. The lowest BCUT2D eigenvalue weighted by Crippen LogP contribution is -2.48. The highest BCUT2D eigenvalue weighted by Crippen LogP contribution is 2.38. The number of aryl methyl sites for hydroxylation is 1. The zero-order valence-electron chi connectivity index (χ0n) is 11.5. The number of nitrogens with zero attached hydrogens (tertiary/aromatic N) is 4. The van der Waals surface area contributed by atoms with Crippen LogP contribution in [0.3, 0.4) is 0 Å². The summed E-state index contributed by atoms with van der Waals surface area (Å²) >= 11 is 0. The minimum Gasteiger partial charge on any atom is -0.409 e. The summed E-state index contributed by atoms with van der Waals surface area (Å²) < 4.78 is 1.85. The van der Waals surface area contributed by atoms with Gasteiger partial charge in [-0.15, -0.1) is 10.2 Å². The number of nitrogens with one attached hydrogen (secondary N) is 1. The van der Waals surface area contributed by atoms with Gasteiger partial charge in [0.05, 0.1) is 6.54 Å². The number of nitrogens with two attached hydrogens (primary N) is 1. The molecule has 1 heterocycles. The molecular weight excluding hydrogens is 260 g/mol. The average molecular weight is 280 g/mol. The van der Waals surface area contributed by atoms with Crippen molar-refractivity contribution in [2.75, 3.05) is 0 Å². The SMILES string of the molecule is CCn1cnnc1CNC(=O)C1(C(N)=NO)CCCC1. The molecule has 1 fully saturated rings. The molecule has 0 spiro atoms. The molecule has 1 aromatic heterocycles. The number of hydrogen-bond donors (Lipinski definition) is 3. The maximum Gasteiger partial charge on any atom is 0.234 e. The van der Waals surface area contributed by atoms with Gasteiger partial charge in [-0.3, -0.25) is 4.79 Å². The molecule has 8 nitrogen and oxygen atoms in total. The van der Waals surface area contributed by atoms with E-state index in [1.807, 2.05) is 11.5 Å². The van der Waals surface area contributed by atoms with E-state index < -0.39 is 5.41 Å². The van der Waals surface area contributed by atoms with Gasteiger partial charge < -0.3 is 20.8 Å². The number of rotatable bonds is 5. The first kappa shape index (κ1) is 14.3. The molecule has 4 N–H and O–H groups in total. The third-order valence-electron chi connectivity index (χ3n) is 3.93. The lowest BCUT2D eigenvalue weighted by molar-refractivity contribution is -0.127. The van der Waals surface area contributed by atoms with E-state index in [-0.39, 0.29) is 18.3 Å². The number of aromatic nitrogens is 3. The Morgan fingerprint density at radius 1 is 1.60 bits per heavy atom. The van der Waals surface area contributed by atoms with Crippen LogP contribution in [0.4, 0.5) is 0 Å². The lowest BCUT2D eigenvalue weighted by atomic mass is 9.84. The highest BCUT2D eigenvalue weighted by Gasteiger charge is 2.45. The summed E-state index contributed by atoms with van der Waals surface area (Å²) in [6, 6.07) is 0. The molecule has 110 valence electrons. The van der Waals surface area contributed by atoms with E-state index in [0.29, 0.717) is 18.7 Å². The monoisotopic (exact) mass is 280 g/mol. The largest absolute Gasteiger partial charge is 0.409 e. The van der Waals surface area contributed by atoms with Crippen molar-refractivity contribution < 1.29 is 10.0 Å². The first-order valence-electron chi connectivity index (χ1n) is 6.77. The Morgan fingerprint density at radius 3 is 2.90 bits per heavy atom. The molecular formula is C12H20N6O2. The van der Waals surface area contributed by atoms with E-state index in [1.54, 1.807) is 6.33 Å². The minimum atomic E-state index is -0.883. The first-order chi connectivity index (χ1) is 9.64. The molecule has 0 bridgehead atoms. The number of amidine groups is 1. The van der Waals surface area contributed by atoms with Crippen LogP contribution in [0, 0.1) is 5.41 Å². The summed E-state index contributed by atoms with van der Waals surface area (Å²) in [6.07, 6.45) is 4.63. The second kappa shape index (κ2) is 5.89. The first-order valence-corrected chi connectivity index (χ1v) is 6.77. The summed E-state index contributed by atoms with van der Waals surface area (Å²) in [6.45, 7) is 3.00. The zero-order valence-corrected chi connectivity index (χ0v) is 11.5. The summed E-state index contributed by atoms with van der Waals surface area (Å²) in [4.78, 5) is 12.4. The Balaban J connectivity index is 2.07. The molecule has 2 rings (SSSR count). The Hall–Kier alpha value is -2.12. The van der Waals surface area contributed by atoms with Crippen LogP contribution in [-0.2, 0) is 17.9 Å². The Labute approximate surface area is 117 Å². The second-order valence-corrected chi connectivity index (χ2v) is 4.99. The molecule has 0 radical (unpaired) electrons. The molecule has 20 heavy (non-hydrogen) atoms. The van der Waals surface area contributed by atoms with E-state index in [0.717, 1.165) is 19.4 Å². The van der Waals surface area contributed by atoms with Crippen LogP contribution >= 0.6 is 0 Å². The van der Waals surface area contributed by atoms with Crippen molar-refractivity contribution in [2.45, 2.75) is 45.7 Å². The predicted molar refractivity (Wildman–Crippen MR) is 71.9 cm³/mol. The number of hydrogen-bond acceptors (Lipinski definition) is 5. The van der Waals surface area contributed by atoms with Crippen molar-refractivity contribution in [3.63, 3.8) is 0 Å². The second-order valence-electron chi connectivity index (χ2n) is 4.99. The van der Waals surface area contributed by atoms with E-state index in [1.165, 1.54) is 0 Å². The summed E-state index contributed by atoms with van der Waals surface area (Å²) in [5.41, 5.74) is 4.84. The predicted octanol–water partition coefficient (Wildman–Crippen LogP) is 0.221. The molecule has 0 saturated heterocycles. The maximum atomic E-state index is 12.4. The molecule has 0 aromatic carbocycles. The molecule has 1 amide bonds. The van der Waals surface area contributed by atoms with Crippen molar-refractivity contribution in [1.29, 1.82) is 0 Å². The summed E-state index contributed by atoms with van der Waals surface area (Å²) in [5, 5.41) is 22.5. The maximum absolute atomic E-state index is 12.4. The number of oxime groups is 1. The van der Waals surface area contributed by atoms with Crippen LogP contribution in [0.1, 0.15) is 38.4 Å². The van der Waals surface area contributed by atoms with Crippen LogP contribution < -0.4 is 11.1 Å². The van der Waals surface area contributed by atoms with Crippen LogP contribution in [-0.4, -0.2) is 31.7 Å². The third kappa shape index (κ3) is 2.45. The van der Waals surface area contributed by atoms with Crippen molar-refractivity contribution in [3.8, 4) is 0 Å². The van der Waals surface area contributed by atoms with Crippen LogP contribution in [0.5, 0.6) is 0 Å². The van der Waals surface area contributed by atoms with Gasteiger partial charge in [0, 0.05) is 6.54 Å². The average Bonchev–Trinajstić information content (AvgIpc) is 3.12. The number of carbonyl (C=O) groups excluding carboxylic acids is 1. The van der Waals surface area contributed by atoms with Crippen LogP contribution in [0.2, 0.25) is 0 Å². The van der Waals surface area contributed by atoms with Gasteiger partial charge in [-0.2, -0.15) is 0 Å². The van der Waals surface area contributed by atoms with Gasteiger partial charge in [0.25, 0.3) is 0 Å². The van der Waals surface area contributed by atoms with Crippen molar-refractivity contribution in [2.24, 2.45) is 16.3 Å². The van der Waals surface area contributed by atoms with Gasteiger partial charge >= 0.3 is 0 Å². The molecule has 8 heteroatoms. The quantitative estimate of drug-likeness (QED) is 0.308. The Morgan fingerprint density at radius 2 is 2.30 bits per heavy atom. The summed E-state index contributed by atoms with van der Waals surface area (Å²) in [5.74, 6) is 0.467. The van der Waals surface area contributed by atoms with Gasteiger partial charge in [0.15, 0.2) is 11.7 Å². The van der Waals surface area contributed by atoms with Gasteiger partial charge in [-0.05, 0) is 19.8 Å². The lowest BCUT2D eigenvalue weighted by Gasteiger charge is -2.25. The topological polar surface area (TPSA) is 118 Å². The standard InChI is InChI=1S/C12H20N6O2/c1-2-18-8-15-16-9(18)7-14-11(19)12(10(13)17-20)5-3-4-6-12/h8,20H,2-7H2,1H3,(H2,13,17)(H,14,19). The molecule has 1 saturated carbocycles. The van der Waals surface area contributed by atoms with Gasteiger partial charge in [0.1, 0.15) is 11.7 Å². The van der Waals surface area contributed by atoms with Crippen molar-refractivity contribution in [3.05, 3.63) is 12.2 Å². The van der Waals surface area contributed by atoms with Crippen molar-refractivity contribution in [1.82, 2.24) is 20.1 Å². The fourth-order valence-electron chi connectivity index (χ4n) is 2.68. The molecule has 1 aromatic rings. The van der Waals surface area contributed by atoms with E-state index in [4.69, 9.17) is 10.9 Å².